The monoisotopic (exact) mass is 521 g/mol. The molecule has 1 amide bonds. The van der Waals surface area contributed by atoms with Crippen molar-refractivity contribution in [2.45, 2.75) is 20.3 Å². The Morgan fingerprint density at radius 2 is 2.00 bits per heavy atom. The molecule has 1 aromatic carbocycles. The van der Waals surface area contributed by atoms with Crippen molar-refractivity contribution in [1.29, 1.82) is 0 Å². The largest absolute Gasteiger partial charge is 0.492 e. The van der Waals surface area contributed by atoms with E-state index in [9.17, 15) is 4.79 Å². The van der Waals surface area contributed by atoms with Crippen LogP contribution in [0.4, 0.5) is 5.69 Å². The average Bonchev–Trinajstić information content (AvgIpc) is 2.65. The van der Waals surface area contributed by atoms with Gasteiger partial charge in [0.1, 0.15) is 12.4 Å². The van der Waals surface area contributed by atoms with Gasteiger partial charge in [-0.25, -0.2) is 0 Å². The average molecular weight is 521 g/mol. The third-order valence-corrected chi connectivity index (χ3v) is 3.80. The number of anilines is 1. The molecule has 0 fully saturated rings. The number of rotatable bonds is 13. The highest BCUT2D eigenvalue weighted by Crippen LogP contribution is 2.16. The van der Waals surface area contributed by atoms with Gasteiger partial charge in [-0.3, -0.25) is 9.79 Å². The van der Waals surface area contributed by atoms with Crippen molar-refractivity contribution in [1.82, 2.24) is 15.5 Å². The van der Waals surface area contributed by atoms with Crippen molar-refractivity contribution in [3.05, 3.63) is 24.3 Å². The van der Waals surface area contributed by atoms with Gasteiger partial charge in [0.05, 0.1) is 13.1 Å². The molecule has 29 heavy (non-hydrogen) atoms. The van der Waals surface area contributed by atoms with Gasteiger partial charge in [-0.15, -0.1) is 24.0 Å². The van der Waals surface area contributed by atoms with E-state index >= 15 is 0 Å². The molecule has 1 rings (SSSR count). The van der Waals surface area contributed by atoms with Crippen LogP contribution in [0.2, 0.25) is 0 Å². The number of aliphatic imine (C=N–C) groups is 1. The number of guanidine groups is 1. The van der Waals surface area contributed by atoms with Gasteiger partial charge in [-0.1, -0.05) is 6.07 Å². The summed E-state index contributed by atoms with van der Waals surface area (Å²) in [5, 5.41) is 9.25. The number of nitrogens with one attached hydrogen (secondary N) is 3. The lowest BCUT2D eigenvalue weighted by molar-refractivity contribution is -0.114. The predicted octanol–water partition coefficient (Wildman–Crippen LogP) is 2.17. The number of methoxy groups -OCH3 is 1. The second kappa shape index (κ2) is 17.3. The molecule has 8 nitrogen and oxygen atoms in total. The zero-order valence-electron chi connectivity index (χ0n) is 18.0. The standard InChI is InChI=1S/C20H35N5O3.HI/c1-5-21-20(22-10-13-25(3)12-7-14-27-4)23-11-15-28-19-9-6-8-18(16-19)24-17(2)26;/h6,8-9,16H,5,7,10-15H2,1-4H3,(H,24,26)(H2,21,22,23);1H. The van der Waals surface area contributed by atoms with Crippen LogP contribution < -0.4 is 20.7 Å². The van der Waals surface area contributed by atoms with E-state index in [2.05, 4.69) is 32.9 Å². The highest BCUT2D eigenvalue weighted by atomic mass is 127. The second-order valence-corrected chi connectivity index (χ2v) is 6.39. The predicted molar refractivity (Wildman–Crippen MR) is 130 cm³/mol. The molecule has 0 bridgehead atoms. The molecule has 0 atom stereocenters. The number of halogens is 1. The van der Waals surface area contributed by atoms with Crippen LogP contribution in [0.25, 0.3) is 0 Å². The quantitative estimate of drug-likeness (QED) is 0.160. The van der Waals surface area contributed by atoms with Gasteiger partial charge in [0, 0.05) is 52.0 Å². The third kappa shape index (κ3) is 14.1. The summed E-state index contributed by atoms with van der Waals surface area (Å²) in [5.74, 6) is 1.39. The van der Waals surface area contributed by atoms with E-state index < -0.39 is 0 Å². The fourth-order valence-electron chi connectivity index (χ4n) is 2.47. The van der Waals surface area contributed by atoms with Crippen molar-refractivity contribution in [2.75, 3.05) is 65.4 Å². The summed E-state index contributed by atoms with van der Waals surface area (Å²) in [6.45, 7) is 8.84. The topological polar surface area (TPSA) is 87.2 Å². The van der Waals surface area contributed by atoms with Crippen LogP contribution in [0.3, 0.4) is 0 Å². The van der Waals surface area contributed by atoms with Crippen LogP contribution in [0.15, 0.2) is 29.3 Å². The van der Waals surface area contributed by atoms with Gasteiger partial charge in [-0.2, -0.15) is 0 Å². The molecular formula is C20H36IN5O3. The molecule has 0 unspecified atom stereocenters. The van der Waals surface area contributed by atoms with E-state index in [0.29, 0.717) is 18.9 Å². The van der Waals surface area contributed by atoms with E-state index in [1.54, 1.807) is 13.2 Å². The Balaban J connectivity index is 0.00000784. The van der Waals surface area contributed by atoms with Crippen LogP contribution in [0, 0.1) is 0 Å². The van der Waals surface area contributed by atoms with Gasteiger partial charge < -0.3 is 30.3 Å². The normalized spacial score (nSPS) is 11.0. The second-order valence-electron chi connectivity index (χ2n) is 6.39. The Morgan fingerprint density at radius 3 is 2.69 bits per heavy atom. The molecule has 0 aliphatic carbocycles. The molecule has 0 saturated heterocycles. The minimum atomic E-state index is -0.102. The molecule has 1 aromatic rings. The van der Waals surface area contributed by atoms with E-state index in [1.165, 1.54) is 6.92 Å². The smallest absolute Gasteiger partial charge is 0.221 e. The number of likely N-dealkylation sites (N-methyl/N-ethyl adjacent to an activating group) is 1. The zero-order valence-corrected chi connectivity index (χ0v) is 20.3. The van der Waals surface area contributed by atoms with E-state index in [0.717, 1.165) is 50.9 Å². The van der Waals surface area contributed by atoms with E-state index in [-0.39, 0.29) is 29.9 Å². The molecule has 0 spiro atoms. The third-order valence-electron chi connectivity index (χ3n) is 3.80. The van der Waals surface area contributed by atoms with Crippen LogP contribution in [-0.4, -0.2) is 76.9 Å². The number of ether oxygens (including phenoxy) is 2. The fraction of sp³-hybridized carbons (Fsp3) is 0.600. The van der Waals surface area contributed by atoms with E-state index in [1.807, 2.05) is 25.1 Å². The summed E-state index contributed by atoms with van der Waals surface area (Å²) in [7, 11) is 3.82. The molecule has 0 heterocycles. The summed E-state index contributed by atoms with van der Waals surface area (Å²) >= 11 is 0. The number of amides is 1. The summed E-state index contributed by atoms with van der Waals surface area (Å²) in [6, 6.07) is 7.35. The highest BCUT2D eigenvalue weighted by Gasteiger charge is 2.01. The minimum absolute atomic E-state index is 0. The lowest BCUT2D eigenvalue weighted by atomic mass is 10.3. The van der Waals surface area contributed by atoms with Gasteiger partial charge in [0.2, 0.25) is 5.91 Å². The molecule has 166 valence electrons. The lowest BCUT2D eigenvalue weighted by Crippen LogP contribution is -2.39. The summed E-state index contributed by atoms with van der Waals surface area (Å²) in [6.07, 6.45) is 1.02. The maximum absolute atomic E-state index is 11.1. The Kier molecular flexibility index (Phi) is 16.3. The number of hydrogen-bond donors (Lipinski definition) is 3. The van der Waals surface area contributed by atoms with Crippen LogP contribution in [0.5, 0.6) is 5.75 Å². The van der Waals surface area contributed by atoms with Crippen LogP contribution in [-0.2, 0) is 9.53 Å². The van der Waals surface area contributed by atoms with Crippen molar-refractivity contribution in [3.63, 3.8) is 0 Å². The lowest BCUT2D eigenvalue weighted by Gasteiger charge is -2.16. The zero-order chi connectivity index (χ0) is 20.6. The molecule has 0 aromatic heterocycles. The van der Waals surface area contributed by atoms with Gasteiger partial charge in [0.15, 0.2) is 5.96 Å². The molecular weight excluding hydrogens is 485 g/mol. The van der Waals surface area contributed by atoms with Crippen LogP contribution in [0.1, 0.15) is 20.3 Å². The SMILES string of the molecule is CCNC(=NCCN(C)CCCOC)NCCOc1cccc(NC(C)=O)c1.I. The Hall–Kier alpha value is -1.59. The van der Waals surface area contributed by atoms with Crippen molar-refractivity contribution < 1.29 is 14.3 Å². The maximum Gasteiger partial charge on any atom is 0.221 e. The van der Waals surface area contributed by atoms with Crippen molar-refractivity contribution >= 4 is 41.5 Å². The first-order chi connectivity index (χ1) is 13.5. The molecule has 0 aliphatic rings. The van der Waals surface area contributed by atoms with Gasteiger partial charge in [-0.05, 0) is 32.5 Å². The Labute approximate surface area is 191 Å². The van der Waals surface area contributed by atoms with Crippen LogP contribution >= 0.6 is 24.0 Å². The number of benzene rings is 1. The van der Waals surface area contributed by atoms with Crippen molar-refractivity contribution in [2.24, 2.45) is 4.99 Å². The summed E-state index contributed by atoms with van der Waals surface area (Å²) < 4.78 is 10.8. The molecule has 3 N–H and O–H groups in total. The number of carbonyl (C=O) groups is 1. The Morgan fingerprint density at radius 1 is 1.21 bits per heavy atom. The summed E-state index contributed by atoms with van der Waals surface area (Å²) in [4.78, 5) is 18.0. The first-order valence-electron chi connectivity index (χ1n) is 9.75. The highest BCUT2D eigenvalue weighted by molar-refractivity contribution is 14.0. The van der Waals surface area contributed by atoms with E-state index in [4.69, 9.17) is 9.47 Å². The first-order valence-corrected chi connectivity index (χ1v) is 9.75. The molecule has 9 heteroatoms. The van der Waals surface area contributed by atoms with Gasteiger partial charge in [0.25, 0.3) is 0 Å². The fourth-order valence-corrected chi connectivity index (χ4v) is 2.47. The molecule has 0 radical (unpaired) electrons. The minimum Gasteiger partial charge on any atom is -0.492 e. The number of hydrogen-bond acceptors (Lipinski definition) is 5. The molecule has 0 saturated carbocycles. The molecule has 0 aliphatic heterocycles. The first kappa shape index (κ1) is 27.4. The van der Waals surface area contributed by atoms with Gasteiger partial charge >= 0.3 is 0 Å². The van der Waals surface area contributed by atoms with Crippen molar-refractivity contribution in [3.8, 4) is 5.75 Å². The number of nitrogens with zero attached hydrogens (tertiary/aromatic N) is 2. The maximum atomic E-state index is 11.1. The number of carbonyl (C=O) groups excluding carboxylic acids is 1. The summed E-state index contributed by atoms with van der Waals surface area (Å²) in [5.41, 5.74) is 0.725. The Bertz CT molecular complexity index is 601.